The lowest BCUT2D eigenvalue weighted by Gasteiger charge is -2.48. The first-order chi connectivity index (χ1) is 10.8. The van der Waals surface area contributed by atoms with E-state index < -0.39 is 0 Å². The van der Waals surface area contributed by atoms with E-state index in [0.29, 0.717) is 17.4 Å². The van der Waals surface area contributed by atoms with Crippen molar-refractivity contribution in [1.29, 1.82) is 0 Å². The highest BCUT2D eigenvalue weighted by Gasteiger charge is 2.43. The molecule has 0 bridgehead atoms. The van der Waals surface area contributed by atoms with Crippen LogP contribution in [-0.4, -0.2) is 60.6 Å². The minimum absolute atomic E-state index is 0.165. The molecule has 1 amide bonds. The lowest BCUT2D eigenvalue weighted by atomic mass is 9.63. The molecule has 1 saturated carbocycles. The normalized spacial score (nSPS) is 33.1. The van der Waals surface area contributed by atoms with Gasteiger partial charge in [-0.3, -0.25) is 9.69 Å². The maximum atomic E-state index is 13.0. The van der Waals surface area contributed by atoms with Gasteiger partial charge in [0.2, 0.25) is 5.91 Å². The average Bonchev–Trinajstić information content (AvgIpc) is 3.03. The number of piperidine rings is 1. The first-order valence-corrected chi connectivity index (χ1v) is 9.40. The first-order valence-electron chi connectivity index (χ1n) is 9.40. The van der Waals surface area contributed by atoms with Gasteiger partial charge in [0.25, 0.3) is 0 Å². The molecule has 0 N–H and O–H groups in total. The van der Waals surface area contributed by atoms with E-state index in [9.17, 15) is 4.79 Å². The van der Waals surface area contributed by atoms with Gasteiger partial charge in [-0.1, -0.05) is 6.42 Å². The Hall–Kier alpha value is -0.610. The van der Waals surface area contributed by atoms with E-state index in [1.807, 2.05) is 0 Å². The fourth-order valence-corrected chi connectivity index (χ4v) is 5.10. The minimum atomic E-state index is 0.165. The van der Waals surface area contributed by atoms with Crippen LogP contribution in [0.2, 0.25) is 0 Å². The summed E-state index contributed by atoms with van der Waals surface area (Å²) in [5.74, 6) is 0.429. The Morgan fingerprint density at radius 3 is 2.27 bits per heavy atom. The second-order valence-electron chi connectivity index (χ2n) is 7.92. The smallest absolute Gasteiger partial charge is 0.239 e. The van der Waals surface area contributed by atoms with Crippen LogP contribution in [0.4, 0.5) is 0 Å². The SMILES string of the molecule is O=C(C1CCCN1C1CCOCC1)N1CCC2(CCC2)CC1. The van der Waals surface area contributed by atoms with E-state index in [1.165, 1.54) is 38.5 Å². The number of rotatable bonds is 2. The first kappa shape index (κ1) is 14.9. The molecule has 4 fully saturated rings. The van der Waals surface area contributed by atoms with Crippen LogP contribution in [0, 0.1) is 5.41 Å². The summed E-state index contributed by atoms with van der Waals surface area (Å²) >= 11 is 0. The molecule has 4 aliphatic rings. The zero-order valence-corrected chi connectivity index (χ0v) is 13.8. The molecular formula is C18H30N2O2. The van der Waals surface area contributed by atoms with E-state index in [0.717, 1.165) is 52.1 Å². The third-order valence-electron chi connectivity index (χ3n) is 6.79. The number of nitrogens with zero attached hydrogens (tertiary/aromatic N) is 2. The van der Waals surface area contributed by atoms with E-state index >= 15 is 0 Å². The number of carbonyl (C=O) groups is 1. The molecule has 0 aromatic carbocycles. The predicted molar refractivity (Wildman–Crippen MR) is 85.7 cm³/mol. The molecule has 124 valence electrons. The number of ether oxygens (including phenoxy) is 1. The largest absolute Gasteiger partial charge is 0.381 e. The molecule has 1 unspecified atom stereocenters. The number of likely N-dealkylation sites (tertiary alicyclic amines) is 2. The van der Waals surface area contributed by atoms with Crippen molar-refractivity contribution in [2.45, 2.75) is 69.9 Å². The van der Waals surface area contributed by atoms with Crippen LogP contribution >= 0.6 is 0 Å². The van der Waals surface area contributed by atoms with Crippen LogP contribution < -0.4 is 0 Å². The quantitative estimate of drug-likeness (QED) is 0.785. The number of amides is 1. The molecule has 1 spiro atoms. The van der Waals surface area contributed by atoms with E-state index in [-0.39, 0.29) is 6.04 Å². The van der Waals surface area contributed by atoms with E-state index in [2.05, 4.69) is 9.80 Å². The highest BCUT2D eigenvalue weighted by Crippen LogP contribution is 2.49. The van der Waals surface area contributed by atoms with Gasteiger partial charge in [-0.25, -0.2) is 0 Å². The van der Waals surface area contributed by atoms with Crippen molar-refractivity contribution in [2.24, 2.45) is 5.41 Å². The zero-order valence-electron chi connectivity index (χ0n) is 13.8. The average molecular weight is 306 g/mol. The van der Waals surface area contributed by atoms with Crippen LogP contribution in [0.25, 0.3) is 0 Å². The predicted octanol–water partition coefficient (Wildman–Crippen LogP) is 2.42. The molecule has 0 radical (unpaired) electrons. The summed E-state index contributed by atoms with van der Waals surface area (Å²) in [6, 6.07) is 0.742. The molecular weight excluding hydrogens is 276 g/mol. The van der Waals surface area contributed by atoms with Crippen LogP contribution in [0.5, 0.6) is 0 Å². The van der Waals surface area contributed by atoms with E-state index in [4.69, 9.17) is 4.74 Å². The van der Waals surface area contributed by atoms with Crippen LogP contribution in [-0.2, 0) is 9.53 Å². The molecule has 4 rings (SSSR count). The summed E-state index contributed by atoms with van der Waals surface area (Å²) in [5, 5.41) is 0. The molecule has 1 aliphatic carbocycles. The molecule has 0 aromatic rings. The topological polar surface area (TPSA) is 32.8 Å². The summed E-state index contributed by atoms with van der Waals surface area (Å²) in [6.45, 7) is 4.87. The van der Waals surface area contributed by atoms with Crippen molar-refractivity contribution < 1.29 is 9.53 Å². The van der Waals surface area contributed by atoms with Crippen molar-refractivity contribution in [1.82, 2.24) is 9.80 Å². The van der Waals surface area contributed by atoms with Gasteiger partial charge in [0.15, 0.2) is 0 Å². The monoisotopic (exact) mass is 306 g/mol. The van der Waals surface area contributed by atoms with Gasteiger partial charge >= 0.3 is 0 Å². The van der Waals surface area contributed by atoms with Crippen LogP contribution in [0.1, 0.15) is 57.8 Å². The summed E-state index contributed by atoms with van der Waals surface area (Å²) in [7, 11) is 0. The van der Waals surface area contributed by atoms with Crippen molar-refractivity contribution >= 4 is 5.91 Å². The molecule has 3 saturated heterocycles. The van der Waals surface area contributed by atoms with Gasteiger partial charge in [-0.2, -0.15) is 0 Å². The number of hydrogen-bond acceptors (Lipinski definition) is 3. The van der Waals surface area contributed by atoms with Gasteiger partial charge in [0.05, 0.1) is 6.04 Å². The Morgan fingerprint density at radius 1 is 0.909 bits per heavy atom. The van der Waals surface area contributed by atoms with Crippen LogP contribution in [0.3, 0.4) is 0 Å². The fourth-order valence-electron chi connectivity index (χ4n) is 5.10. The molecule has 22 heavy (non-hydrogen) atoms. The van der Waals surface area contributed by atoms with Crippen LogP contribution in [0.15, 0.2) is 0 Å². The van der Waals surface area contributed by atoms with Crippen molar-refractivity contribution in [2.75, 3.05) is 32.8 Å². The Balaban J connectivity index is 1.36. The lowest BCUT2D eigenvalue weighted by molar-refractivity contribution is -0.140. The second kappa shape index (κ2) is 6.12. The Bertz CT molecular complexity index is 405. The number of hydrogen-bond donors (Lipinski definition) is 0. The summed E-state index contributed by atoms with van der Waals surface area (Å²) < 4.78 is 5.49. The highest BCUT2D eigenvalue weighted by atomic mass is 16.5. The number of carbonyl (C=O) groups excluding carboxylic acids is 1. The standard InChI is InChI=1S/C18H30N2O2/c21-17(19-11-8-18(9-12-19)6-2-7-18)16-3-1-10-20(16)15-4-13-22-14-5-15/h15-16H,1-14H2. The zero-order chi connectivity index (χ0) is 15.0. The molecule has 1 atom stereocenters. The maximum Gasteiger partial charge on any atom is 0.239 e. The molecule has 4 heteroatoms. The summed E-state index contributed by atoms with van der Waals surface area (Å²) in [5.41, 5.74) is 0.632. The lowest BCUT2D eigenvalue weighted by Crippen LogP contribution is -2.53. The summed E-state index contributed by atoms with van der Waals surface area (Å²) in [6.07, 6.45) is 11.2. The van der Waals surface area contributed by atoms with Crippen molar-refractivity contribution in [3.05, 3.63) is 0 Å². The molecule has 3 aliphatic heterocycles. The minimum Gasteiger partial charge on any atom is -0.381 e. The summed E-state index contributed by atoms with van der Waals surface area (Å²) in [4.78, 5) is 17.7. The van der Waals surface area contributed by atoms with Crippen molar-refractivity contribution in [3.8, 4) is 0 Å². The van der Waals surface area contributed by atoms with Gasteiger partial charge in [-0.05, 0) is 63.3 Å². The van der Waals surface area contributed by atoms with Gasteiger partial charge in [0.1, 0.15) is 0 Å². The fraction of sp³-hybridized carbons (Fsp3) is 0.944. The molecule has 0 aromatic heterocycles. The van der Waals surface area contributed by atoms with Crippen molar-refractivity contribution in [3.63, 3.8) is 0 Å². The highest BCUT2D eigenvalue weighted by molar-refractivity contribution is 5.82. The second-order valence-corrected chi connectivity index (χ2v) is 7.92. The third-order valence-corrected chi connectivity index (χ3v) is 6.79. The third kappa shape index (κ3) is 2.69. The Kier molecular flexibility index (Phi) is 4.16. The Morgan fingerprint density at radius 2 is 1.64 bits per heavy atom. The van der Waals surface area contributed by atoms with Gasteiger partial charge in [-0.15, -0.1) is 0 Å². The Labute approximate surface area is 134 Å². The molecule has 3 heterocycles. The maximum absolute atomic E-state index is 13.0. The molecule has 4 nitrogen and oxygen atoms in total. The van der Waals surface area contributed by atoms with Gasteiger partial charge < -0.3 is 9.64 Å². The van der Waals surface area contributed by atoms with Gasteiger partial charge in [0, 0.05) is 32.3 Å². The van der Waals surface area contributed by atoms with E-state index in [1.54, 1.807) is 0 Å².